The van der Waals surface area contributed by atoms with Crippen LogP contribution >= 0.6 is 11.3 Å². The molecule has 1 aromatic heterocycles. The molecule has 2 aromatic rings. The van der Waals surface area contributed by atoms with Crippen molar-refractivity contribution in [1.82, 2.24) is 4.90 Å². The van der Waals surface area contributed by atoms with Gasteiger partial charge in [0.1, 0.15) is 30.1 Å². The molecule has 29 heavy (non-hydrogen) atoms. The molecule has 3 heterocycles. The van der Waals surface area contributed by atoms with Crippen LogP contribution in [-0.4, -0.2) is 43.3 Å². The van der Waals surface area contributed by atoms with Gasteiger partial charge < -0.3 is 19.7 Å². The summed E-state index contributed by atoms with van der Waals surface area (Å²) in [5.74, 6) is 0.392. The van der Waals surface area contributed by atoms with Crippen LogP contribution in [0.5, 0.6) is 5.75 Å². The fourth-order valence-electron chi connectivity index (χ4n) is 3.47. The standard InChI is InChI=1S/C20H18FN3O4S/c21-5-8-28-20(26)24-6-3-14-15(10-22)19(29-17(14)11-24)23-18(25)13-2-1-12-4-7-27-16(12)9-13/h1-2,9H,3-8,11H2,(H,23,25). The average Bonchev–Trinajstić information content (AvgIpc) is 3.34. The molecule has 0 spiro atoms. The minimum atomic E-state index is -0.730. The third-order valence-corrected chi connectivity index (χ3v) is 6.05. The largest absolute Gasteiger partial charge is 0.493 e. The molecule has 9 heteroatoms. The number of nitrogens with zero attached hydrogens (tertiary/aromatic N) is 2. The fraction of sp³-hybridized carbons (Fsp3) is 0.350. The molecule has 0 atom stereocenters. The van der Waals surface area contributed by atoms with Crippen LogP contribution in [0.4, 0.5) is 14.2 Å². The predicted octanol–water partition coefficient (Wildman–Crippen LogP) is 3.27. The van der Waals surface area contributed by atoms with E-state index in [9.17, 15) is 19.2 Å². The highest BCUT2D eigenvalue weighted by Gasteiger charge is 2.28. The Morgan fingerprint density at radius 2 is 2.24 bits per heavy atom. The van der Waals surface area contributed by atoms with Gasteiger partial charge in [0.05, 0.1) is 18.7 Å². The Kier molecular flexibility index (Phi) is 5.36. The third-order valence-electron chi connectivity index (χ3n) is 4.91. The lowest BCUT2D eigenvalue weighted by Gasteiger charge is -2.25. The molecule has 150 valence electrons. The van der Waals surface area contributed by atoms with Crippen LogP contribution in [0.1, 0.15) is 31.9 Å². The lowest BCUT2D eigenvalue weighted by atomic mass is 10.0. The first kappa shape index (κ1) is 19.2. The predicted molar refractivity (Wildman–Crippen MR) is 104 cm³/mol. The summed E-state index contributed by atoms with van der Waals surface area (Å²) in [6.45, 7) is 0.247. The SMILES string of the molecule is N#Cc1c(NC(=O)c2ccc3c(c2)OCC3)sc2c1CCN(C(=O)OCCF)C2. The quantitative estimate of drug-likeness (QED) is 0.828. The van der Waals surface area contributed by atoms with E-state index >= 15 is 0 Å². The van der Waals surface area contributed by atoms with Crippen molar-refractivity contribution in [3.05, 3.63) is 45.3 Å². The Labute approximate surface area is 170 Å². The highest BCUT2D eigenvalue weighted by atomic mass is 32.1. The van der Waals surface area contributed by atoms with E-state index in [0.717, 1.165) is 22.4 Å². The van der Waals surface area contributed by atoms with E-state index in [1.807, 2.05) is 6.07 Å². The number of thiophene rings is 1. The number of halogens is 1. The van der Waals surface area contributed by atoms with Gasteiger partial charge in [-0.2, -0.15) is 5.26 Å². The van der Waals surface area contributed by atoms with Crippen LogP contribution < -0.4 is 10.1 Å². The van der Waals surface area contributed by atoms with E-state index in [2.05, 4.69) is 11.4 Å². The number of nitriles is 1. The Morgan fingerprint density at radius 1 is 1.38 bits per heavy atom. The van der Waals surface area contributed by atoms with Crippen molar-refractivity contribution in [2.24, 2.45) is 0 Å². The van der Waals surface area contributed by atoms with Gasteiger partial charge in [0.15, 0.2) is 0 Å². The Morgan fingerprint density at radius 3 is 3.03 bits per heavy atom. The number of hydrogen-bond acceptors (Lipinski definition) is 6. The van der Waals surface area contributed by atoms with Gasteiger partial charge in [0.2, 0.25) is 0 Å². The maximum atomic E-state index is 12.7. The second-order valence-electron chi connectivity index (χ2n) is 6.67. The number of nitrogens with one attached hydrogen (secondary N) is 1. The van der Waals surface area contributed by atoms with Gasteiger partial charge in [0, 0.05) is 23.4 Å². The van der Waals surface area contributed by atoms with Crippen molar-refractivity contribution in [1.29, 1.82) is 5.26 Å². The molecule has 0 bridgehead atoms. The van der Waals surface area contributed by atoms with Gasteiger partial charge in [-0.1, -0.05) is 6.07 Å². The maximum absolute atomic E-state index is 12.7. The lowest BCUT2D eigenvalue weighted by Crippen LogP contribution is -2.36. The first-order chi connectivity index (χ1) is 14.1. The molecular formula is C20H18FN3O4S. The summed E-state index contributed by atoms with van der Waals surface area (Å²) < 4.78 is 22.6. The smallest absolute Gasteiger partial charge is 0.410 e. The third kappa shape index (κ3) is 3.76. The molecule has 1 aromatic carbocycles. The van der Waals surface area contributed by atoms with Crippen LogP contribution in [0.3, 0.4) is 0 Å². The van der Waals surface area contributed by atoms with E-state index in [1.54, 1.807) is 12.1 Å². The van der Waals surface area contributed by atoms with Crippen molar-refractivity contribution in [2.45, 2.75) is 19.4 Å². The van der Waals surface area contributed by atoms with Crippen molar-refractivity contribution in [3.8, 4) is 11.8 Å². The van der Waals surface area contributed by atoms with Crippen molar-refractivity contribution in [2.75, 3.05) is 31.7 Å². The van der Waals surface area contributed by atoms with Gasteiger partial charge in [-0.25, -0.2) is 9.18 Å². The lowest BCUT2D eigenvalue weighted by molar-refractivity contribution is 0.0925. The summed E-state index contributed by atoms with van der Waals surface area (Å²) >= 11 is 1.27. The number of rotatable bonds is 4. The number of alkyl halides is 1. The summed E-state index contributed by atoms with van der Waals surface area (Å²) in [5.41, 5.74) is 2.79. The summed E-state index contributed by atoms with van der Waals surface area (Å²) in [6, 6.07) is 7.49. The molecule has 4 rings (SSSR count). The molecule has 0 saturated heterocycles. The monoisotopic (exact) mass is 415 g/mol. The van der Waals surface area contributed by atoms with Crippen LogP contribution in [-0.2, 0) is 24.1 Å². The van der Waals surface area contributed by atoms with Gasteiger partial charge >= 0.3 is 6.09 Å². The summed E-state index contributed by atoms with van der Waals surface area (Å²) in [7, 11) is 0. The molecule has 0 saturated carbocycles. The summed E-state index contributed by atoms with van der Waals surface area (Å²) in [5, 5.41) is 12.9. The molecular weight excluding hydrogens is 397 g/mol. The zero-order chi connectivity index (χ0) is 20.4. The van der Waals surface area contributed by atoms with Crippen molar-refractivity contribution >= 4 is 28.3 Å². The first-order valence-corrected chi connectivity index (χ1v) is 10.0. The molecule has 2 aliphatic rings. The second kappa shape index (κ2) is 8.09. The summed E-state index contributed by atoms with van der Waals surface area (Å²) in [4.78, 5) is 27.0. The van der Waals surface area contributed by atoms with Gasteiger partial charge in [-0.05, 0) is 29.7 Å². The minimum absolute atomic E-state index is 0.266. The van der Waals surface area contributed by atoms with Crippen LogP contribution in [0, 0.1) is 11.3 Å². The highest BCUT2D eigenvalue weighted by Crippen LogP contribution is 2.37. The molecule has 0 fully saturated rings. The molecule has 0 unspecified atom stereocenters. The number of carbonyl (C=O) groups excluding carboxylic acids is 2. The zero-order valence-electron chi connectivity index (χ0n) is 15.5. The highest BCUT2D eigenvalue weighted by molar-refractivity contribution is 7.16. The number of benzene rings is 1. The molecule has 0 radical (unpaired) electrons. The van der Waals surface area contributed by atoms with Gasteiger partial charge in [-0.3, -0.25) is 4.79 Å². The van der Waals surface area contributed by atoms with E-state index in [0.29, 0.717) is 41.4 Å². The number of ether oxygens (including phenoxy) is 2. The number of carbonyl (C=O) groups is 2. The topological polar surface area (TPSA) is 91.7 Å². The van der Waals surface area contributed by atoms with E-state index in [-0.39, 0.29) is 19.1 Å². The Bertz CT molecular complexity index is 1010. The summed E-state index contributed by atoms with van der Waals surface area (Å²) in [6.07, 6.45) is 0.726. The number of fused-ring (bicyclic) bond motifs is 2. The minimum Gasteiger partial charge on any atom is -0.493 e. The van der Waals surface area contributed by atoms with Gasteiger partial charge in [0.25, 0.3) is 5.91 Å². The van der Waals surface area contributed by atoms with Crippen molar-refractivity contribution < 1.29 is 23.5 Å². The molecule has 0 aliphatic carbocycles. The fourth-order valence-corrected chi connectivity index (χ4v) is 4.67. The first-order valence-electron chi connectivity index (χ1n) is 9.20. The van der Waals surface area contributed by atoms with E-state index in [4.69, 9.17) is 9.47 Å². The zero-order valence-corrected chi connectivity index (χ0v) is 16.3. The van der Waals surface area contributed by atoms with Gasteiger partial charge in [-0.15, -0.1) is 11.3 Å². The Balaban J connectivity index is 1.52. The van der Waals surface area contributed by atoms with Crippen molar-refractivity contribution in [3.63, 3.8) is 0 Å². The number of anilines is 1. The Hall–Kier alpha value is -3.12. The van der Waals surface area contributed by atoms with Crippen LogP contribution in [0.2, 0.25) is 0 Å². The second-order valence-corrected chi connectivity index (χ2v) is 7.77. The van der Waals surface area contributed by atoms with E-state index < -0.39 is 12.8 Å². The van der Waals surface area contributed by atoms with Crippen LogP contribution in [0.15, 0.2) is 18.2 Å². The molecule has 2 amide bonds. The maximum Gasteiger partial charge on any atom is 0.410 e. The van der Waals surface area contributed by atoms with Crippen LogP contribution in [0.25, 0.3) is 0 Å². The molecule has 7 nitrogen and oxygen atoms in total. The normalized spacial score (nSPS) is 14.4. The molecule has 2 aliphatic heterocycles. The average molecular weight is 415 g/mol. The number of hydrogen-bond donors (Lipinski definition) is 1. The molecule has 1 N–H and O–H groups in total. The van der Waals surface area contributed by atoms with E-state index in [1.165, 1.54) is 16.2 Å². The number of amides is 2.